The number of rotatable bonds is 4. The van der Waals surface area contributed by atoms with Gasteiger partial charge in [0.05, 0.1) is 11.7 Å². The quantitative estimate of drug-likeness (QED) is 0.660. The molecule has 0 aliphatic rings. The van der Waals surface area contributed by atoms with Crippen molar-refractivity contribution >= 4 is 11.6 Å². The van der Waals surface area contributed by atoms with Crippen LogP contribution in [-0.4, -0.2) is 4.98 Å². The van der Waals surface area contributed by atoms with E-state index in [0.29, 0.717) is 17.1 Å². The second-order valence-corrected chi connectivity index (χ2v) is 4.29. The van der Waals surface area contributed by atoms with Crippen LogP contribution in [0.4, 0.5) is 4.39 Å². The molecule has 5 heteroatoms. The first-order valence-corrected chi connectivity index (χ1v) is 5.90. The topological polar surface area (TPSA) is 50.9 Å². The third kappa shape index (κ3) is 2.85. The van der Waals surface area contributed by atoms with Crippen molar-refractivity contribution in [1.29, 1.82) is 0 Å². The minimum atomic E-state index is -0.411. The normalized spacial score (nSPS) is 12.4. The van der Waals surface area contributed by atoms with Crippen LogP contribution in [0, 0.1) is 5.82 Å². The van der Waals surface area contributed by atoms with Crippen LogP contribution >= 0.6 is 11.6 Å². The molecule has 0 spiro atoms. The van der Waals surface area contributed by atoms with Gasteiger partial charge in [-0.1, -0.05) is 29.8 Å². The van der Waals surface area contributed by atoms with Gasteiger partial charge < -0.3 is 0 Å². The molecule has 3 nitrogen and oxygen atoms in total. The molecule has 2 rings (SSSR count). The predicted molar refractivity (Wildman–Crippen MR) is 69.4 cm³/mol. The molecule has 94 valence electrons. The van der Waals surface area contributed by atoms with Crippen LogP contribution in [0.25, 0.3) is 0 Å². The van der Waals surface area contributed by atoms with Crippen molar-refractivity contribution in [2.45, 2.75) is 12.5 Å². The van der Waals surface area contributed by atoms with Crippen molar-refractivity contribution in [2.75, 3.05) is 0 Å². The Labute approximate surface area is 110 Å². The lowest BCUT2D eigenvalue weighted by atomic mass is 10.0. The second-order valence-electron chi connectivity index (χ2n) is 3.89. The molecule has 1 aromatic heterocycles. The number of hydrogen-bond donors (Lipinski definition) is 2. The second kappa shape index (κ2) is 5.91. The SMILES string of the molecule is NNC(Cc1ccccc1Cl)c1ncccc1F. The molecule has 1 heterocycles. The zero-order valence-corrected chi connectivity index (χ0v) is 10.4. The Hall–Kier alpha value is -1.49. The molecule has 0 amide bonds. The standard InChI is InChI=1S/C13H13ClFN3/c14-10-5-2-1-4-9(10)8-12(18-16)13-11(15)6-3-7-17-13/h1-7,12,18H,8,16H2. The van der Waals surface area contributed by atoms with E-state index in [-0.39, 0.29) is 5.82 Å². The fourth-order valence-corrected chi connectivity index (χ4v) is 1.99. The molecule has 18 heavy (non-hydrogen) atoms. The molecule has 1 unspecified atom stereocenters. The van der Waals surface area contributed by atoms with Crippen molar-refractivity contribution in [3.63, 3.8) is 0 Å². The van der Waals surface area contributed by atoms with E-state index >= 15 is 0 Å². The molecule has 1 atom stereocenters. The fraction of sp³-hybridized carbons (Fsp3) is 0.154. The average molecular weight is 266 g/mol. The van der Waals surface area contributed by atoms with E-state index in [9.17, 15) is 4.39 Å². The lowest BCUT2D eigenvalue weighted by molar-refractivity contribution is 0.495. The summed E-state index contributed by atoms with van der Waals surface area (Å²) >= 11 is 6.07. The number of pyridine rings is 1. The smallest absolute Gasteiger partial charge is 0.146 e. The van der Waals surface area contributed by atoms with Crippen molar-refractivity contribution in [1.82, 2.24) is 10.4 Å². The molecule has 0 saturated carbocycles. The highest BCUT2D eigenvalue weighted by Crippen LogP contribution is 2.23. The Balaban J connectivity index is 2.26. The third-order valence-electron chi connectivity index (χ3n) is 2.70. The summed E-state index contributed by atoms with van der Waals surface area (Å²) in [7, 11) is 0. The van der Waals surface area contributed by atoms with Gasteiger partial charge in [0.25, 0.3) is 0 Å². The molecule has 3 N–H and O–H groups in total. The van der Waals surface area contributed by atoms with Crippen LogP contribution < -0.4 is 11.3 Å². The summed E-state index contributed by atoms with van der Waals surface area (Å²) in [5, 5.41) is 0.633. The lowest BCUT2D eigenvalue weighted by Gasteiger charge is -2.16. The number of hydrogen-bond acceptors (Lipinski definition) is 3. The van der Waals surface area contributed by atoms with E-state index in [4.69, 9.17) is 17.4 Å². The maximum atomic E-state index is 13.6. The molecule has 0 saturated heterocycles. The van der Waals surface area contributed by atoms with E-state index in [1.54, 1.807) is 12.1 Å². The van der Waals surface area contributed by atoms with Crippen LogP contribution in [0.1, 0.15) is 17.3 Å². The summed E-state index contributed by atoms with van der Waals surface area (Å²) in [5.74, 6) is 5.09. The molecule has 0 aliphatic heterocycles. The van der Waals surface area contributed by atoms with Gasteiger partial charge in [-0.05, 0) is 30.2 Å². The minimum Gasteiger partial charge on any atom is -0.271 e. The highest BCUT2D eigenvalue weighted by Gasteiger charge is 2.17. The van der Waals surface area contributed by atoms with Gasteiger partial charge in [0.15, 0.2) is 0 Å². The van der Waals surface area contributed by atoms with Gasteiger partial charge in [0.1, 0.15) is 5.82 Å². The van der Waals surface area contributed by atoms with Gasteiger partial charge in [0, 0.05) is 11.2 Å². The zero-order valence-electron chi connectivity index (χ0n) is 9.61. The monoisotopic (exact) mass is 265 g/mol. The number of benzene rings is 1. The van der Waals surface area contributed by atoms with Crippen molar-refractivity contribution in [3.8, 4) is 0 Å². The molecule has 0 aliphatic carbocycles. The maximum absolute atomic E-state index is 13.6. The maximum Gasteiger partial charge on any atom is 0.146 e. The van der Waals surface area contributed by atoms with Gasteiger partial charge in [-0.15, -0.1) is 0 Å². The van der Waals surface area contributed by atoms with Crippen molar-refractivity contribution < 1.29 is 4.39 Å². The number of halogens is 2. The summed E-state index contributed by atoms with van der Waals surface area (Å²) in [5.41, 5.74) is 3.76. The number of nitrogens with two attached hydrogens (primary N) is 1. The molecule has 2 aromatic rings. The van der Waals surface area contributed by atoms with Gasteiger partial charge in [-0.3, -0.25) is 16.3 Å². The van der Waals surface area contributed by atoms with Gasteiger partial charge >= 0.3 is 0 Å². The Kier molecular flexibility index (Phi) is 4.25. The molecule has 0 radical (unpaired) electrons. The Morgan fingerprint density at radius 1 is 1.28 bits per heavy atom. The van der Waals surface area contributed by atoms with Crippen LogP contribution in [-0.2, 0) is 6.42 Å². The Bertz CT molecular complexity index is 533. The van der Waals surface area contributed by atoms with Crippen molar-refractivity contribution in [2.24, 2.45) is 5.84 Å². The zero-order chi connectivity index (χ0) is 13.0. The van der Waals surface area contributed by atoms with Crippen LogP contribution in [0.3, 0.4) is 0 Å². The van der Waals surface area contributed by atoms with Gasteiger partial charge in [0.2, 0.25) is 0 Å². The van der Waals surface area contributed by atoms with Crippen LogP contribution in [0.15, 0.2) is 42.6 Å². The third-order valence-corrected chi connectivity index (χ3v) is 3.07. The van der Waals surface area contributed by atoms with Crippen molar-refractivity contribution in [3.05, 3.63) is 64.7 Å². The van der Waals surface area contributed by atoms with Gasteiger partial charge in [-0.25, -0.2) is 4.39 Å². The number of aromatic nitrogens is 1. The van der Waals surface area contributed by atoms with E-state index < -0.39 is 6.04 Å². The van der Waals surface area contributed by atoms with E-state index in [1.165, 1.54) is 12.3 Å². The summed E-state index contributed by atoms with van der Waals surface area (Å²) in [4.78, 5) is 4.01. The molecule has 0 fully saturated rings. The number of nitrogens with zero attached hydrogens (tertiary/aromatic N) is 1. The van der Waals surface area contributed by atoms with E-state index in [2.05, 4.69) is 10.4 Å². The lowest BCUT2D eigenvalue weighted by Crippen LogP contribution is -2.31. The Morgan fingerprint density at radius 2 is 2.06 bits per heavy atom. The summed E-state index contributed by atoms with van der Waals surface area (Å²) in [6.45, 7) is 0. The van der Waals surface area contributed by atoms with Gasteiger partial charge in [-0.2, -0.15) is 0 Å². The number of hydrazine groups is 1. The van der Waals surface area contributed by atoms with Crippen LogP contribution in [0.5, 0.6) is 0 Å². The molecular weight excluding hydrogens is 253 g/mol. The highest BCUT2D eigenvalue weighted by atomic mass is 35.5. The largest absolute Gasteiger partial charge is 0.271 e. The molecule has 0 bridgehead atoms. The summed E-state index contributed by atoms with van der Waals surface area (Å²) < 4.78 is 13.6. The molecule has 1 aromatic carbocycles. The van der Waals surface area contributed by atoms with E-state index in [1.807, 2.05) is 18.2 Å². The average Bonchev–Trinajstić information content (AvgIpc) is 2.39. The highest BCUT2D eigenvalue weighted by molar-refractivity contribution is 6.31. The first kappa shape index (κ1) is 13.0. The molecular formula is C13H13ClFN3. The summed E-state index contributed by atoms with van der Waals surface area (Å²) in [6, 6.07) is 9.89. The minimum absolute atomic E-state index is 0.292. The first-order chi connectivity index (χ1) is 8.72. The Morgan fingerprint density at radius 3 is 2.72 bits per heavy atom. The first-order valence-electron chi connectivity index (χ1n) is 5.52. The summed E-state index contributed by atoms with van der Waals surface area (Å²) in [6.07, 6.45) is 2.01. The van der Waals surface area contributed by atoms with E-state index in [0.717, 1.165) is 5.56 Å². The predicted octanol–water partition coefficient (Wildman–Crippen LogP) is 2.62. The number of nitrogens with one attached hydrogen (secondary N) is 1. The van der Waals surface area contributed by atoms with Crippen LogP contribution in [0.2, 0.25) is 5.02 Å². The fourth-order valence-electron chi connectivity index (χ4n) is 1.77.